The number of benzene rings is 2. The van der Waals surface area contributed by atoms with Crippen molar-refractivity contribution in [3.8, 4) is 0 Å². The lowest BCUT2D eigenvalue weighted by molar-refractivity contribution is -0.126. The molecule has 3 heteroatoms. The highest BCUT2D eigenvalue weighted by molar-refractivity contribution is 5.91. The van der Waals surface area contributed by atoms with E-state index in [2.05, 4.69) is 0 Å². The van der Waals surface area contributed by atoms with Crippen molar-refractivity contribution in [2.45, 2.75) is 6.54 Å². The Kier molecular flexibility index (Phi) is 5.73. The van der Waals surface area contributed by atoms with E-state index in [1.54, 1.807) is 11.0 Å². The van der Waals surface area contributed by atoms with Crippen molar-refractivity contribution < 1.29 is 4.79 Å². The summed E-state index contributed by atoms with van der Waals surface area (Å²) in [6.07, 6.45) is 3.44. The van der Waals surface area contributed by atoms with E-state index in [1.165, 1.54) is 0 Å². The second-order valence-electron chi connectivity index (χ2n) is 4.78. The largest absolute Gasteiger partial charge is 0.334 e. The molecule has 1 amide bonds. The quantitative estimate of drug-likeness (QED) is 0.827. The van der Waals surface area contributed by atoms with Crippen molar-refractivity contribution in [1.82, 2.24) is 4.90 Å². The van der Waals surface area contributed by atoms with Gasteiger partial charge in [0.05, 0.1) is 0 Å². The molecular weight excluding hydrogens is 260 g/mol. The summed E-state index contributed by atoms with van der Waals surface area (Å²) in [7, 11) is 0. The summed E-state index contributed by atoms with van der Waals surface area (Å²) in [5.41, 5.74) is 7.73. The summed E-state index contributed by atoms with van der Waals surface area (Å²) < 4.78 is 0. The van der Waals surface area contributed by atoms with Gasteiger partial charge in [0.25, 0.3) is 0 Å². The number of hydrogen-bond donors (Lipinski definition) is 1. The lowest BCUT2D eigenvalue weighted by atomic mass is 10.2. The van der Waals surface area contributed by atoms with Gasteiger partial charge in [0.1, 0.15) is 0 Å². The first-order chi connectivity index (χ1) is 10.3. The van der Waals surface area contributed by atoms with Crippen LogP contribution in [-0.2, 0) is 11.3 Å². The number of carbonyl (C=O) groups excluding carboxylic acids is 1. The molecule has 0 radical (unpaired) electrons. The maximum Gasteiger partial charge on any atom is 0.246 e. The standard InChI is InChI=1S/C18H20N2O/c19-13-14-20(15-17-9-5-2-6-10-17)18(21)12-11-16-7-3-1-4-8-16/h1-12H,13-15,19H2/b12-11+. The van der Waals surface area contributed by atoms with Crippen LogP contribution in [0, 0.1) is 0 Å². The summed E-state index contributed by atoms with van der Waals surface area (Å²) in [5, 5.41) is 0. The molecule has 2 aromatic carbocycles. The van der Waals surface area contributed by atoms with Gasteiger partial charge in [0.2, 0.25) is 5.91 Å². The van der Waals surface area contributed by atoms with Crippen LogP contribution in [0.4, 0.5) is 0 Å². The molecule has 0 spiro atoms. The summed E-state index contributed by atoms with van der Waals surface area (Å²) in [6.45, 7) is 1.58. The summed E-state index contributed by atoms with van der Waals surface area (Å²) in [4.78, 5) is 14.1. The third-order valence-corrected chi connectivity index (χ3v) is 3.14. The van der Waals surface area contributed by atoms with Gasteiger partial charge in [-0.25, -0.2) is 0 Å². The van der Waals surface area contributed by atoms with Crippen molar-refractivity contribution in [2.24, 2.45) is 5.73 Å². The topological polar surface area (TPSA) is 46.3 Å². The van der Waals surface area contributed by atoms with E-state index < -0.39 is 0 Å². The molecule has 0 aliphatic heterocycles. The fourth-order valence-corrected chi connectivity index (χ4v) is 2.06. The van der Waals surface area contributed by atoms with E-state index in [-0.39, 0.29) is 5.91 Å². The number of hydrogen-bond acceptors (Lipinski definition) is 2. The zero-order valence-corrected chi connectivity index (χ0v) is 12.0. The Labute approximate surface area is 125 Å². The van der Waals surface area contributed by atoms with Gasteiger partial charge < -0.3 is 10.6 Å². The van der Waals surface area contributed by atoms with Crippen LogP contribution >= 0.6 is 0 Å². The minimum Gasteiger partial charge on any atom is -0.334 e. The predicted octanol–water partition coefficient (Wildman–Crippen LogP) is 2.69. The molecule has 0 atom stereocenters. The smallest absolute Gasteiger partial charge is 0.246 e. The minimum absolute atomic E-state index is 0.0202. The Morgan fingerprint density at radius 3 is 2.24 bits per heavy atom. The Hall–Kier alpha value is -2.39. The molecule has 2 aromatic rings. The second-order valence-corrected chi connectivity index (χ2v) is 4.78. The molecule has 0 aliphatic carbocycles. The molecule has 0 aromatic heterocycles. The average molecular weight is 280 g/mol. The Bertz CT molecular complexity index is 579. The van der Waals surface area contributed by atoms with Gasteiger partial charge in [-0.05, 0) is 17.2 Å². The summed E-state index contributed by atoms with van der Waals surface area (Å²) in [5.74, 6) is -0.0202. The van der Waals surface area contributed by atoms with Gasteiger partial charge >= 0.3 is 0 Å². The zero-order chi connectivity index (χ0) is 14.9. The monoisotopic (exact) mass is 280 g/mol. The van der Waals surface area contributed by atoms with Crippen LogP contribution in [0.1, 0.15) is 11.1 Å². The van der Waals surface area contributed by atoms with Crippen LogP contribution in [0.5, 0.6) is 0 Å². The number of amides is 1. The van der Waals surface area contributed by atoms with Gasteiger partial charge in [-0.3, -0.25) is 4.79 Å². The molecule has 0 fully saturated rings. The van der Waals surface area contributed by atoms with Crippen molar-refractivity contribution in [3.05, 3.63) is 77.9 Å². The normalized spacial score (nSPS) is 10.7. The van der Waals surface area contributed by atoms with Gasteiger partial charge in [-0.15, -0.1) is 0 Å². The maximum atomic E-state index is 12.3. The summed E-state index contributed by atoms with van der Waals surface area (Å²) >= 11 is 0. The third kappa shape index (κ3) is 4.89. The summed E-state index contributed by atoms with van der Waals surface area (Å²) in [6, 6.07) is 19.7. The molecular formula is C18H20N2O. The highest BCUT2D eigenvalue weighted by atomic mass is 16.2. The van der Waals surface area contributed by atoms with Crippen molar-refractivity contribution in [3.63, 3.8) is 0 Å². The number of carbonyl (C=O) groups is 1. The van der Waals surface area contributed by atoms with E-state index >= 15 is 0 Å². The first-order valence-corrected chi connectivity index (χ1v) is 7.05. The number of nitrogens with zero attached hydrogens (tertiary/aromatic N) is 1. The first-order valence-electron chi connectivity index (χ1n) is 7.05. The predicted molar refractivity (Wildman–Crippen MR) is 86.4 cm³/mol. The zero-order valence-electron chi connectivity index (χ0n) is 12.0. The molecule has 2 rings (SSSR count). The molecule has 0 unspecified atom stereocenters. The molecule has 0 bridgehead atoms. The van der Waals surface area contributed by atoms with Gasteiger partial charge in [0.15, 0.2) is 0 Å². The average Bonchev–Trinajstić information content (AvgIpc) is 2.54. The molecule has 2 N–H and O–H groups in total. The first kappa shape index (κ1) is 15.0. The van der Waals surface area contributed by atoms with Crippen LogP contribution in [0.2, 0.25) is 0 Å². The van der Waals surface area contributed by atoms with E-state index in [4.69, 9.17) is 5.73 Å². The highest BCUT2D eigenvalue weighted by Crippen LogP contribution is 2.06. The second kappa shape index (κ2) is 8.02. The van der Waals surface area contributed by atoms with Gasteiger partial charge in [-0.2, -0.15) is 0 Å². The van der Waals surface area contributed by atoms with Gasteiger partial charge in [0, 0.05) is 25.7 Å². The maximum absolute atomic E-state index is 12.3. The third-order valence-electron chi connectivity index (χ3n) is 3.14. The Morgan fingerprint density at radius 1 is 1.00 bits per heavy atom. The van der Waals surface area contributed by atoms with Crippen molar-refractivity contribution in [2.75, 3.05) is 13.1 Å². The number of rotatable bonds is 6. The van der Waals surface area contributed by atoms with Gasteiger partial charge in [-0.1, -0.05) is 60.7 Å². The molecule has 108 valence electrons. The molecule has 0 heterocycles. The minimum atomic E-state index is -0.0202. The number of nitrogens with two attached hydrogens (primary N) is 1. The van der Waals surface area contributed by atoms with Crippen LogP contribution in [0.3, 0.4) is 0 Å². The van der Waals surface area contributed by atoms with Crippen molar-refractivity contribution >= 4 is 12.0 Å². The lowest BCUT2D eigenvalue weighted by Crippen LogP contribution is -2.33. The molecule has 3 nitrogen and oxygen atoms in total. The lowest BCUT2D eigenvalue weighted by Gasteiger charge is -2.20. The SMILES string of the molecule is NCCN(Cc1ccccc1)C(=O)/C=C/c1ccccc1. The molecule has 21 heavy (non-hydrogen) atoms. The van der Waals surface area contributed by atoms with E-state index in [1.807, 2.05) is 66.7 Å². The molecule has 0 saturated carbocycles. The van der Waals surface area contributed by atoms with Crippen LogP contribution < -0.4 is 5.73 Å². The molecule has 0 aliphatic rings. The van der Waals surface area contributed by atoms with Crippen molar-refractivity contribution in [1.29, 1.82) is 0 Å². The Morgan fingerprint density at radius 2 is 1.62 bits per heavy atom. The van der Waals surface area contributed by atoms with Crippen LogP contribution in [0.25, 0.3) is 6.08 Å². The van der Waals surface area contributed by atoms with E-state index in [9.17, 15) is 4.79 Å². The van der Waals surface area contributed by atoms with Crippen LogP contribution in [-0.4, -0.2) is 23.9 Å². The fourth-order valence-electron chi connectivity index (χ4n) is 2.06. The van der Waals surface area contributed by atoms with E-state index in [0.717, 1.165) is 11.1 Å². The van der Waals surface area contributed by atoms with Crippen LogP contribution in [0.15, 0.2) is 66.7 Å². The fraction of sp³-hybridized carbons (Fsp3) is 0.167. The molecule has 0 saturated heterocycles. The Balaban J connectivity index is 2.03. The highest BCUT2D eigenvalue weighted by Gasteiger charge is 2.10. The van der Waals surface area contributed by atoms with E-state index in [0.29, 0.717) is 19.6 Å².